The molecule has 2 aromatic rings. The molecule has 3 rings (SSSR count). The van der Waals surface area contributed by atoms with E-state index in [0.717, 1.165) is 31.4 Å². The molecule has 128 valence electrons. The van der Waals surface area contributed by atoms with Gasteiger partial charge < -0.3 is 10.2 Å². The summed E-state index contributed by atoms with van der Waals surface area (Å²) in [5.74, 6) is 0.0867. The Labute approximate surface area is 145 Å². The van der Waals surface area contributed by atoms with Crippen LogP contribution in [-0.4, -0.2) is 40.0 Å². The lowest BCUT2D eigenvalue weighted by atomic mass is 9.97. The van der Waals surface area contributed by atoms with Crippen LogP contribution in [0.15, 0.2) is 29.2 Å². The van der Waals surface area contributed by atoms with Gasteiger partial charge >= 0.3 is 0 Å². The molecule has 6 nitrogen and oxygen atoms in total. The minimum absolute atomic E-state index is 0.0713. The van der Waals surface area contributed by atoms with Crippen molar-refractivity contribution in [1.82, 2.24) is 20.4 Å². The van der Waals surface area contributed by atoms with E-state index in [1.807, 2.05) is 21.9 Å². The standard InChI is InChI=1S/C17H22N4O2S/c22-16(5-3-7-18-17(23)13-6-9-24-12-13)21-8-2-1-4-15(21)14-10-19-20-11-14/h6,9-12,15H,1-5,7-8H2,(H,18,23)(H,19,20). The zero-order valence-corrected chi connectivity index (χ0v) is 14.3. The lowest BCUT2D eigenvalue weighted by molar-refractivity contribution is -0.135. The minimum Gasteiger partial charge on any atom is -0.352 e. The van der Waals surface area contributed by atoms with Gasteiger partial charge in [-0.25, -0.2) is 0 Å². The van der Waals surface area contributed by atoms with Crippen LogP contribution >= 0.6 is 11.3 Å². The molecule has 2 aromatic heterocycles. The first-order valence-electron chi connectivity index (χ1n) is 8.34. The normalized spacial score (nSPS) is 17.7. The summed E-state index contributed by atoms with van der Waals surface area (Å²) in [5, 5.41) is 13.4. The number of hydrogen-bond acceptors (Lipinski definition) is 4. The molecule has 1 aliphatic heterocycles. The van der Waals surface area contributed by atoms with Crippen LogP contribution in [-0.2, 0) is 4.79 Å². The van der Waals surface area contributed by atoms with Crippen molar-refractivity contribution < 1.29 is 9.59 Å². The Bertz CT molecular complexity index is 654. The second kappa shape index (κ2) is 8.10. The first kappa shape index (κ1) is 16.7. The number of amides is 2. The lowest BCUT2D eigenvalue weighted by Gasteiger charge is -2.35. The fourth-order valence-corrected chi connectivity index (χ4v) is 3.74. The summed E-state index contributed by atoms with van der Waals surface area (Å²) in [5.41, 5.74) is 1.76. The molecule has 7 heteroatoms. The van der Waals surface area contributed by atoms with Crippen LogP contribution in [0.4, 0.5) is 0 Å². The second-order valence-electron chi connectivity index (χ2n) is 6.00. The fourth-order valence-electron chi connectivity index (χ4n) is 3.10. The van der Waals surface area contributed by atoms with E-state index >= 15 is 0 Å². The minimum atomic E-state index is -0.0713. The first-order chi connectivity index (χ1) is 11.8. The number of hydrogen-bond donors (Lipinski definition) is 2. The zero-order chi connectivity index (χ0) is 16.8. The Morgan fingerprint density at radius 3 is 3.08 bits per heavy atom. The van der Waals surface area contributed by atoms with Gasteiger partial charge in [0, 0.05) is 42.2 Å². The molecule has 0 aliphatic carbocycles. The van der Waals surface area contributed by atoms with Crippen molar-refractivity contribution in [3.8, 4) is 0 Å². The molecule has 2 N–H and O–H groups in total. The topological polar surface area (TPSA) is 78.1 Å². The number of thiophene rings is 1. The highest BCUT2D eigenvalue weighted by molar-refractivity contribution is 7.08. The highest BCUT2D eigenvalue weighted by Crippen LogP contribution is 2.30. The average Bonchev–Trinajstić information content (AvgIpc) is 3.32. The molecule has 1 unspecified atom stereocenters. The number of rotatable bonds is 6. The Morgan fingerprint density at radius 1 is 1.42 bits per heavy atom. The number of nitrogens with one attached hydrogen (secondary N) is 2. The van der Waals surface area contributed by atoms with Gasteiger partial charge in [0.2, 0.25) is 5.91 Å². The van der Waals surface area contributed by atoms with Crippen molar-refractivity contribution in [3.05, 3.63) is 40.3 Å². The van der Waals surface area contributed by atoms with Crippen LogP contribution in [0.3, 0.4) is 0 Å². The Balaban J connectivity index is 1.46. The van der Waals surface area contributed by atoms with Gasteiger partial charge in [0.05, 0.1) is 12.2 Å². The molecule has 1 aliphatic rings. The fraction of sp³-hybridized carbons (Fsp3) is 0.471. The number of aromatic nitrogens is 2. The van der Waals surface area contributed by atoms with Crippen molar-refractivity contribution in [1.29, 1.82) is 0 Å². The number of H-pyrrole nitrogens is 1. The van der Waals surface area contributed by atoms with Gasteiger partial charge in [0.25, 0.3) is 5.91 Å². The van der Waals surface area contributed by atoms with Gasteiger partial charge in [0.1, 0.15) is 0 Å². The maximum Gasteiger partial charge on any atom is 0.252 e. The number of nitrogens with zero attached hydrogens (tertiary/aromatic N) is 2. The van der Waals surface area contributed by atoms with E-state index in [0.29, 0.717) is 24.9 Å². The number of carbonyl (C=O) groups is 2. The van der Waals surface area contributed by atoms with Crippen LogP contribution in [0.5, 0.6) is 0 Å². The van der Waals surface area contributed by atoms with Gasteiger partial charge in [-0.2, -0.15) is 16.4 Å². The van der Waals surface area contributed by atoms with E-state index in [9.17, 15) is 9.59 Å². The van der Waals surface area contributed by atoms with Crippen molar-refractivity contribution in [2.45, 2.75) is 38.1 Å². The van der Waals surface area contributed by atoms with Gasteiger partial charge in [-0.05, 0) is 37.1 Å². The molecule has 3 heterocycles. The van der Waals surface area contributed by atoms with Crippen molar-refractivity contribution in [3.63, 3.8) is 0 Å². The zero-order valence-electron chi connectivity index (χ0n) is 13.5. The molecular weight excluding hydrogens is 324 g/mol. The SMILES string of the molecule is O=C(NCCCC(=O)N1CCCCC1c1cn[nH]c1)c1ccsc1. The van der Waals surface area contributed by atoms with Gasteiger partial charge in [-0.3, -0.25) is 14.7 Å². The summed E-state index contributed by atoms with van der Waals surface area (Å²) in [7, 11) is 0. The highest BCUT2D eigenvalue weighted by Gasteiger charge is 2.28. The summed E-state index contributed by atoms with van der Waals surface area (Å²) >= 11 is 1.50. The maximum absolute atomic E-state index is 12.6. The van der Waals surface area contributed by atoms with Crippen LogP contribution in [0.2, 0.25) is 0 Å². The van der Waals surface area contributed by atoms with Gasteiger partial charge in [-0.1, -0.05) is 0 Å². The second-order valence-corrected chi connectivity index (χ2v) is 6.78. The summed E-state index contributed by atoms with van der Waals surface area (Å²) in [4.78, 5) is 26.4. The van der Waals surface area contributed by atoms with Crippen molar-refractivity contribution in [2.24, 2.45) is 0 Å². The Kier molecular flexibility index (Phi) is 5.63. The van der Waals surface area contributed by atoms with E-state index in [4.69, 9.17) is 0 Å². The Hall–Kier alpha value is -2.15. The van der Waals surface area contributed by atoms with Crippen LogP contribution in [0, 0.1) is 0 Å². The number of likely N-dealkylation sites (tertiary alicyclic amines) is 1. The number of carbonyl (C=O) groups excluding carboxylic acids is 2. The smallest absolute Gasteiger partial charge is 0.252 e. The third-order valence-corrected chi connectivity index (χ3v) is 5.05. The quantitative estimate of drug-likeness (QED) is 0.790. The molecule has 1 fully saturated rings. The average molecular weight is 346 g/mol. The summed E-state index contributed by atoms with van der Waals surface area (Å²) in [6, 6.07) is 1.93. The summed E-state index contributed by atoms with van der Waals surface area (Å²) < 4.78 is 0. The van der Waals surface area contributed by atoms with Gasteiger partial charge in [-0.15, -0.1) is 0 Å². The van der Waals surface area contributed by atoms with Gasteiger partial charge in [0.15, 0.2) is 0 Å². The highest BCUT2D eigenvalue weighted by atomic mass is 32.1. The molecule has 0 spiro atoms. The van der Waals surface area contributed by atoms with E-state index in [2.05, 4.69) is 15.5 Å². The Morgan fingerprint density at radius 2 is 2.33 bits per heavy atom. The van der Waals surface area contributed by atoms with E-state index in [1.54, 1.807) is 12.3 Å². The van der Waals surface area contributed by atoms with Crippen LogP contribution in [0.1, 0.15) is 54.1 Å². The molecule has 1 saturated heterocycles. The molecule has 1 atom stereocenters. The van der Waals surface area contributed by atoms with Crippen LogP contribution in [0.25, 0.3) is 0 Å². The van der Waals surface area contributed by atoms with Crippen LogP contribution < -0.4 is 5.32 Å². The van der Waals surface area contributed by atoms with E-state index in [-0.39, 0.29) is 17.9 Å². The molecule has 0 bridgehead atoms. The third kappa shape index (κ3) is 4.03. The monoisotopic (exact) mass is 346 g/mol. The molecule has 0 radical (unpaired) electrons. The van der Waals surface area contributed by atoms with E-state index < -0.39 is 0 Å². The molecule has 2 amide bonds. The number of piperidine rings is 1. The summed E-state index contributed by atoms with van der Waals surface area (Å²) in [6.45, 7) is 1.32. The largest absolute Gasteiger partial charge is 0.352 e. The predicted molar refractivity (Wildman–Crippen MR) is 92.8 cm³/mol. The van der Waals surface area contributed by atoms with Crippen molar-refractivity contribution >= 4 is 23.2 Å². The third-order valence-electron chi connectivity index (χ3n) is 4.36. The maximum atomic E-state index is 12.6. The summed E-state index contributed by atoms with van der Waals surface area (Å²) in [6.07, 6.45) is 7.96. The molecular formula is C17H22N4O2S. The molecule has 0 aromatic carbocycles. The predicted octanol–water partition coefficient (Wildman–Crippen LogP) is 2.74. The van der Waals surface area contributed by atoms with Crippen molar-refractivity contribution in [2.75, 3.05) is 13.1 Å². The van der Waals surface area contributed by atoms with E-state index in [1.165, 1.54) is 11.3 Å². The lowest BCUT2D eigenvalue weighted by Crippen LogP contribution is -2.38. The molecule has 0 saturated carbocycles. The first-order valence-corrected chi connectivity index (χ1v) is 9.28. The molecule has 24 heavy (non-hydrogen) atoms. The number of aromatic amines is 1.